The molecule has 1 aliphatic heterocycles. The van der Waals surface area contributed by atoms with Crippen molar-refractivity contribution in [1.29, 1.82) is 0 Å². The van der Waals surface area contributed by atoms with Gasteiger partial charge in [0.05, 0.1) is 12.9 Å². The molecule has 0 atom stereocenters. The molecule has 0 saturated heterocycles. The van der Waals surface area contributed by atoms with Gasteiger partial charge in [-0.1, -0.05) is 17.8 Å². The number of hydrogen-bond donors (Lipinski definition) is 1. The molecule has 2 aromatic carbocycles. The highest BCUT2D eigenvalue weighted by molar-refractivity contribution is 7.99. The molecule has 1 amide bonds. The molecule has 28 heavy (non-hydrogen) atoms. The van der Waals surface area contributed by atoms with Crippen molar-refractivity contribution < 1.29 is 19.0 Å². The van der Waals surface area contributed by atoms with Crippen LogP contribution in [0.5, 0.6) is 17.2 Å². The van der Waals surface area contributed by atoms with E-state index >= 15 is 0 Å². The first kappa shape index (κ1) is 18.2. The number of carbonyl (C=O) groups excluding carboxylic acids is 1. The van der Waals surface area contributed by atoms with Crippen LogP contribution >= 0.6 is 11.8 Å². The number of imidazole rings is 1. The predicted octanol–water partition coefficient (Wildman–Crippen LogP) is 3.40. The molecule has 0 aliphatic carbocycles. The third-order valence-electron chi connectivity index (χ3n) is 4.17. The number of anilines is 1. The predicted molar refractivity (Wildman–Crippen MR) is 106 cm³/mol. The first-order valence-corrected chi connectivity index (χ1v) is 9.66. The summed E-state index contributed by atoms with van der Waals surface area (Å²) in [4.78, 5) is 16.6. The number of ether oxygens (including phenoxy) is 3. The number of nitrogens with zero attached hydrogens (tertiary/aromatic N) is 2. The average Bonchev–Trinajstić information content (AvgIpc) is 3.36. The molecule has 0 saturated carbocycles. The number of carbonyl (C=O) groups is 1. The number of rotatable bonds is 7. The molecule has 1 aromatic heterocycles. The Morgan fingerprint density at radius 1 is 1.21 bits per heavy atom. The molecule has 0 bridgehead atoms. The van der Waals surface area contributed by atoms with Crippen LogP contribution in [0.3, 0.4) is 0 Å². The molecule has 2 heterocycles. The molecular formula is C20H19N3O4S. The van der Waals surface area contributed by atoms with Gasteiger partial charge in [-0.05, 0) is 42.0 Å². The summed E-state index contributed by atoms with van der Waals surface area (Å²) in [6.45, 7) is 0.896. The summed E-state index contributed by atoms with van der Waals surface area (Å²) in [5.74, 6) is 2.44. The number of methoxy groups -OCH3 is 1. The van der Waals surface area contributed by atoms with Crippen LogP contribution in [-0.4, -0.2) is 35.1 Å². The Morgan fingerprint density at radius 3 is 2.86 bits per heavy atom. The van der Waals surface area contributed by atoms with E-state index in [1.165, 1.54) is 11.8 Å². The van der Waals surface area contributed by atoms with Crippen molar-refractivity contribution in [3.05, 3.63) is 60.4 Å². The minimum Gasteiger partial charge on any atom is -0.497 e. The van der Waals surface area contributed by atoms with Crippen molar-refractivity contribution in [3.63, 3.8) is 0 Å². The second kappa shape index (κ2) is 8.26. The van der Waals surface area contributed by atoms with E-state index in [1.54, 1.807) is 25.4 Å². The Bertz CT molecular complexity index is 972. The number of nitrogens with one attached hydrogen (secondary N) is 1. The highest BCUT2D eigenvalue weighted by atomic mass is 32.2. The van der Waals surface area contributed by atoms with Gasteiger partial charge >= 0.3 is 0 Å². The first-order valence-electron chi connectivity index (χ1n) is 8.67. The Kier molecular flexibility index (Phi) is 5.38. The van der Waals surface area contributed by atoms with Crippen LogP contribution < -0.4 is 19.5 Å². The zero-order valence-electron chi connectivity index (χ0n) is 15.3. The third-order valence-corrected chi connectivity index (χ3v) is 5.18. The van der Waals surface area contributed by atoms with Crippen molar-refractivity contribution in [2.24, 2.45) is 0 Å². The van der Waals surface area contributed by atoms with Gasteiger partial charge in [-0.25, -0.2) is 4.98 Å². The van der Waals surface area contributed by atoms with Gasteiger partial charge in [-0.3, -0.25) is 4.79 Å². The fraction of sp³-hybridized carbons (Fsp3) is 0.200. The zero-order chi connectivity index (χ0) is 19.3. The fourth-order valence-electron chi connectivity index (χ4n) is 2.79. The lowest BCUT2D eigenvalue weighted by Crippen LogP contribution is -2.14. The van der Waals surface area contributed by atoms with Gasteiger partial charge in [-0.15, -0.1) is 0 Å². The molecule has 0 unspecified atom stereocenters. The highest BCUT2D eigenvalue weighted by Crippen LogP contribution is 2.33. The van der Waals surface area contributed by atoms with Crippen LogP contribution in [0.25, 0.3) is 0 Å². The molecule has 1 aliphatic rings. The summed E-state index contributed by atoms with van der Waals surface area (Å²) in [6.07, 6.45) is 3.63. The molecule has 0 radical (unpaired) electrons. The van der Waals surface area contributed by atoms with Crippen molar-refractivity contribution in [3.8, 4) is 17.2 Å². The maximum atomic E-state index is 12.2. The molecule has 7 nitrogen and oxygen atoms in total. The fourth-order valence-corrected chi connectivity index (χ4v) is 3.55. The van der Waals surface area contributed by atoms with Crippen LogP contribution in [-0.2, 0) is 11.3 Å². The molecule has 1 N–H and O–H groups in total. The van der Waals surface area contributed by atoms with Crippen LogP contribution in [0.4, 0.5) is 5.69 Å². The monoisotopic (exact) mass is 397 g/mol. The summed E-state index contributed by atoms with van der Waals surface area (Å²) in [7, 11) is 1.61. The maximum absolute atomic E-state index is 12.2. The van der Waals surface area contributed by atoms with E-state index in [2.05, 4.69) is 10.3 Å². The third kappa shape index (κ3) is 4.23. The summed E-state index contributed by atoms with van der Waals surface area (Å²) in [6, 6.07) is 13.1. The first-order chi connectivity index (χ1) is 13.7. The summed E-state index contributed by atoms with van der Waals surface area (Å²) in [5, 5.41) is 3.65. The minimum absolute atomic E-state index is 0.0900. The summed E-state index contributed by atoms with van der Waals surface area (Å²) >= 11 is 1.39. The van der Waals surface area contributed by atoms with Crippen LogP contribution in [0, 0.1) is 0 Å². The maximum Gasteiger partial charge on any atom is 0.234 e. The zero-order valence-corrected chi connectivity index (χ0v) is 16.1. The number of thioether (sulfide) groups is 1. The number of amides is 1. The van der Waals surface area contributed by atoms with Crippen molar-refractivity contribution in [2.45, 2.75) is 11.7 Å². The van der Waals surface area contributed by atoms with E-state index < -0.39 is 0 Å². The lowest BCUT2D eigenvalue weighted by atomic mass is 10.2. The topological polar surface area (TPSA) is 74.6 Å². The van der Waals surface area contributed by atoms with E-state index in [1.807, 2.05) is 41.1 Å². The average molecular weight is 397 g/mol. The normalized spacial score (nSPS) is 12.0. The Hall–Kier alpha value is -3.13. The van der Waals surface area contributed by atoms with Crippen LogP contribution in [0.2, 0.25) is 0 Å². The molecule has 8 heteroatoms. The molecule has 4 rings (SSSR count). The minimum atomic E-state index is -0.0900. The van der Waals surface area contributed by atoms with Gasteiger partial charge < -0.3 is 24.1 Å². The van der Waals surface area contributed by atoms with Crippen molar-refractivity contribution in [1.82, 2.24) is 9.55 Å². The van der Waals surface area contributed by atoms with E-state index in [9.17, 15) is 4.79 Å². The highest BCUT2D eigenvalue weighted by Gasteiger charge is 2.14. The van der Waals surface area contributed by atoms with E-state index in [0.29, 0.717) is 6.54 Å². The molecule has 3 aromatic rings. The second-order valence-electron chi connectivity index (χ2n) is 6.09. The quantitative estimate of drug-likeness (QED) is 0.616. The van der Waals surface area contributed by atoms with Crippen molar-refractivity contribution in [2.75, 3.05) is 25.0 Å². The Labute approximate surface area is 166 Å². The van der Waals surface area contributed by atoms with Crippen LogP contribution in [0.15, 0.2) is 60.0 Å². The molecule has 144 valence electrons. The number of benzene rings is 2. The second-order valence-corrected chi connectivity index (χ2v) is 7.03. The van der Waals surface area contributed by atoms with Gasteiger partial charge in [0.25, 0.3) is 0 Å². The van der Waals surface area contributed by atoms with Gasteiger partial charge in [0.2, 0.25) is 12.7 Å². The lowest BCUT2D eigenvalue weighted by Gasteiger charge is -2.09. The standard InChI is InChI=1S/C20H19N3O4S/c1-25-16-5-3-15(4-6-16)22-19(24)12-28-20-21-8-9-23(20)11-14-2-7-17-18(10-14)27-13-26-17/h2-10H,11-13H2,1H3,(H,22,24). The molecule has 0 fully saturated rings. The largest absolute Gasteiger partial charge is 0.497 e. The van der Waals surface area contributed by atoms with Crippen LogP contribution in [0.1, 0.15) is 5.56 Å². The van der Waals surface area contributed by atoms with Gasteiger partial charge in [0.15, 0.2) is 16.7 Å². The van der Waals surface area contributed by atoms with Gasteiger partial charge in [0, 0.05) is 24.6 Å². The van der Waals surface area contributed by atoms with E-state index in [4.69, 9.17) is 14.2 Å². The van der Waals surface area contributed by atoms with Crippen molar-refractivity contribution >= 4 is 23.4 Å². The van der Waals surface area contributed by atoms with E-state index in [0.717, 1.165) is 33.7 Å². The number of hydrogen-bond acceptors (Lipinski definition) is 6. The Morgan fingerprint density at radius 2 is 2.04 bits per heavy atom. The number of aromatic nitrogens is 2. The smallest absolute Gasteiger partial charge is 0.234 e. The number of fused-ring (bicyclic) bond motifs is 1. The Balaban J connectivity index is 1.34. The van der Waals surface area contributed by atoms with Gasteiger partial charge in [-0.2, -0.15) is 0 Å². The van der Waals surface area contributed by atoms with Gasteiger partial charge in [0.1, 0.15) is 5.75 Å². The SMILES string of the molecule is COc1ccc(NC(=O)CSc2nccn2Cc2ccc3c(c2)OCO3)cc1. The summed E-state index contributed by atoms with van der Waals surface area (Å²) < 4.78 is 17.9. The molecular weight excluding hydrogens is 378 g/mol. The van der Waals surface area contributed by atoms with E-state index in [-0.39, 0.29) is 18.5 Å². The molecule has 0 spiro atoms. The lowest BCUT2D eigenvalue weighted by molar-refractivity contribution is -0.113. The summed E-state index contributed by atoms with van der Waals surface area (Å²) in [5.41, 5.74) is 1.81.